The minimum Gasteiger partial charge on any atom is -0.490 e. The lowest BCUT2D eigenvalue weighted by molar-refractivity contribution is 0.0736. The molecule has 2 unspecified atom stereocenters. The molecule has 1 heterocycles. The lowest BCUT2D eigenvalue weighted by Gasteiger charge is -2.23. The van der Waals surface area contributed by atoms with Crippen molar-refractivity contribution in [2.45, 2.75) is 19.4 Å². The van der Waals surface area contributed by atoms with E-state index in [4.69, 9.17) is 15.2 Å². The van der Waals surface area contributed by atoms with Crippen LogP contribution in [0.2, 0.25) is 0 Å². The molecule has 2 N–H and O–H groups in total. The highest BCUT2D eigenvalue weighted by Gasteiger charge is 2.33. The largest absolute Gasteiger partial charge is 0.490 e. The maximum Gasteiger partial charge on any atom is 0.257 e. The van der Waals surface area contributed by atoms with Crippen LogP contribution >= 0.6 is 12.4 Å². The van der Waals surface area contributed by atoms with Gasteiger partial charge in [-0.3, -0.25) is 4.79 Å². The zero-order valence-electron chi connectivity index (χ0n) is 13.2. The molecule has 1 aromatic carbocycles. The van der Waals surface area contributed by atoms with Gasteiger partial charge in [-0.1, -0.05) is 12.1 Å². The number of rotatable bonds is 6. The first-order valence-electron chi connectivity index (χ1n) is 7.39. The molecule has 1 amide bonds. The predicted octanol–water partition coefficient (Wildman–Crippen LogP) is 1.94. The average molecular weight is 329 g/mol. The Hall–Kier alpha value is -1.30. The Balaban J connectivity index is 0.00000242. The van der Waals surface area contributed by atoms with Gasteiger partial charge in [0, 0.05) is 19.7 Å². The molecule has 0 bridgehead atoms. The number of carbonyl (C=O) groups excluding carboxylic acids is 1. The average Bonchev–Trinajstić information content (AvgIpc) is 2.88. The van der Waals surface area contributed by atoms with Crippen LogP contribution in [0.25, 0.3) is 0 Å². The molecule has 2 atom stereocenters. The van der Waals surface area contributed by atoms with Gasteiger partial charge in [-0.05, 0) is 37.9 Å². The molecule has 2 rings (SSSR count). The number of halogens is 1. The third-order valence-electron chi connectivity index (χ3n) is 3.92. The van der Waals surface area contributed by atoms with Crippen molar-refractivity contribution in [3.8, 4) is 5.75 Å². The maximum absolute atomic E-state index is 12.7. The summed E-state index contributed by atoms with van der Waals surface area (Å²) in [5.74, 6) is 1.03. The van der Waals surface area contributed by atoms with Crippen LogP contribution in [0.4, 0.5) is 0 Å². The number of ether oxygens (including phenoxy) is 2. The Morgan fingerprint density at radius 2 is 2.09 bits per heavy atom. The number of hydrogen-bond donors (Lipinski definition) is 1. The highest BCUT2D eigenvalue weighted by atomic mass is 35.5. The summed E-state index contributed by atoms with van der Waals surface area (Å²) in [5, 5.41) is 0. The number of para-hydroxylation sites is 1. The second kappa shape index (κ2) is 8.98. The highest BCUT2D eigenvalue weighted by Crippen LogP contribution is 2.27. The number of likely N-dealkylation sites (tertiary alicyclic amines) is 1. The fourth-order valence-electron chi connectivity index (χ4n) is 2.75. The minimum atomic E-state index is 0. The van der Waals surface area contributed by atoms with Gasteiger partial charge in [0.05, 0.1) is 12.2 Å². The maximum atomic E-state index is 12.7. The number of carbonyl (C=O) groups is 1. The monoisotopic (exact) mass is 328 g/mol. The molecule has 1 aliphatic heterocycles. The van der Waals surface area contributed by atoms with Crippen LogP contribution in [0.5, 0.6) is 5.75 Å². The summed E-state index contributed by atoms with van der Waals surface area (Å²) in [5.41, 5.74) is 6.34. The highest BCUT2D eigenvalue weighted by molar-refractivity contribution is 5.97. The van der Waals surface area contributed by atoms with E-state index in [1.165, 1.54) is 0 Å². The van der Waals surface area contributed by atoms with E-state index in [-0.39, 0.29) is 24.4 Å². The summed E-state index contributed by atoms with van der Waals surface area (Å²) >= 11 is 0. The van der Waals surface area contributed by atoms with Crippen molar-refractivity contribution >= 4 is 18.3 Å². The van der Waals surface area contributed by atoms with Crippen molar-refractivity contribution in [2.75, 3.05) is 33.4 Å². The van der Waals surface area contributed by atoms with E-state index in [0.717, 1.165) is 13.0 Å². The zero-order valence-corrected chi connectivity index (χ0v) is 14.0. The quantitative estimate of drug-likeness (QED) is 0.811. The number of amides is 1. The molecular formula is C16H25ClN2O3. The molecule has 5 nitrogen and oxygen atoms in total. The molecule has 1 aliphatic rings. The van der Waals surface area contributed by atoms with Crippen LogP contribution < -0.4 is 10.5 Å². The number of benzene rings is 1. The summed E-state index contributed by atoms with van der Waals surface area (Å²) in [7, 11) is 1.62. The first-order chi connectivity index (χ1) is 10.2. The normalized spacial score (nSPS) is 20.6. The van der Waals surface area contributed by atoms with E-state index in [9.17, 15) is 4.79 Å². The second-order valence-corrected chi connectivity index (χ2v) is 5.48. The number of nitrogens with zero attached hydrogens (tertiary/aromatic N) is 1. The van der Waals surface area contributed by atoms with Gasteiger partial charge in [-0.15, -0.1) is 12.4 Å². The standard InChI is InChI=1S/C16H24N2O3.ClH/c1-12-9-13(10-17)11-18(12)16(19)14-5-3-4-6-15(14)21-8-7-20-2;/h3-6,12-13H,7-11,17H2,1-2H3;1H. The molecule has 124 valence electrons. The van der Waals surface area contributed by atoms with Crippen molar-refractivity contribution < 1.29 is 14.3 Å². The van der Waals surface area contributed by atoms with Gasteiger partial charge in [0.1, 0.15) is 12.4 Å². The van der Waals surface area contributed by atoms with Crippen LogP contribution in [0, 0.1) is 5.92 Å². The predicted molar refractivity (Wildman–Crippen MR) is 88.7 cm³/mol. The second-order valence-electron chi connectivity index (χ2n) is 5.48. The van der Waals surface area contributed by atoms with Gasteiger partial charge in [0.25, 0.3) is 5.91 Å². The molecule has 0 saturated carbocycles. The van der Waals surface area contributed by atoms with Crippen LogP contribution in [-0.4, -0.2) is 50.3 Å². The number of hydrogen-bond acceptors (Lipinski definition) is 4. The fourth-order valence-corrected chi connectivity index (χ4v) is 2.75. The van der Waals surface area contributed by atoms with Crippen LogP contribution in [0.1, 0.15) is 23.7 Å². The van der Waals surface area contributed by atoms with Gasteiger partial charge in [0.15, 0.2) is 0 Å². The molecule has 22 heavy (non-hydrogen) atoms. The molecule has 6 heteroatoms. The van der Waals surface area contributed by atoms with E-state index < -0.39 is 0 Å². The van der Waals surface area contributed by atoms with Crippen molar-refractivity contribution in [1.82, 2.24) is 4.90 Å². The molecule has 0 spiro atoms. The van der Waals surface area contributed by atoms with E-state index in [0.29, 0.717) is 37.0 Å². The molecular weight excluding hydrogens is 304 g/mol. The molecule has 1 fully saturated rings. The smallest absolute Gasteiger partial charge is 0.257 e. The number of methoxy groups -OCH3 is 1. The van der Waals surface area contributed by atoms with Gasteiger partial charge < -0.3 is 20.1 Å². The van der Waals surface area contributed by atoms with Crippen molar-refractivity contribution in [3.05, 3.63) is 29.8 Å². The molecule has 0 aromatic heterocycles. The third-order valence-corrected chi connectivity index (χ3v) is 3.92. The van der Waals surface area contributed by atoms with Gasteiger partial charge >= 0.3 is 0 Å². The summed E-state index contributed by atoms with van der Waals surface area (Å²) in [4.78, 5) is 14.6. The van der Waals surface area contributed by atoms with Gasteiger partial charge in [0.2, 0.25) is 0 Å². The van der Waals surface area contributed by atoms with E-state index >= 15 is 0 Å². The Labute approximate surface area is 138 Å². The van der Waals surface area contributed by atoms with E-state index in [1.807, 2.05) is 29.2 Å². The summed E-state index contributed by atoms with van der Waals surface area (Å²) < 4.78 is 10.6. The van der Waals surface area contributed by atoms with Gasteiger partial charge in [-0.2, -0.15) is 0 Å². The Kier molecular flexibility index (Phi) is 7.65. The molecule has 0 radical (unpaired) electrons. The first kappa shape index (κ1) is 18.7. The van der Waals surface area contributed by atoms with Crippen LogP contribution in [-0.2, 0) is 4.74 Å². The van der Waals surface area contributed by atoms with E-state index in [2.05, 4.69) is 6.92 Å². The number of nitrogens with two attached hydrogens (primary N) is 1. The fraction of sp³-hybridized carbons (Fsp3) is 0.562. The zero-order chi connectivity index (χ0) is 15.2. The lowest BCUT2D eigenvalue weighted by Crippen LogP contribution is -2.34. The van der Waals surface area contributed by atoms with Gasteiger partial charge in [-0.25, -0.2) is 0 Å². The molecule has 0 aliphatic carbocycles. The topological polar surface area (TPSA) is 64.8 Å². The Morgan fingerprint density at radius 3 is 2.73 bits per heavy atom. The minimum absolute atomic E-state index is 0. The lowest BCUT2D eigenvalue weighted by atomic mass is 10.1. The molecule has 1 aromatic rings. The third kappa shape index (κ3) is 4.35. The summed E-state index contributed by atoms with van der Waals surface area (Å²) in [6.07, 6.45) is 0.967. The molecule has 1 saturated heterocycles. The van der Waals surface area contributed by atoms with Crippen molar-refractivity contribution in [3.63, 3.8) is 0 Å². The summed E-state index contributed by atoms with van der Waals surface area (Å²) in [6.45, 7) is 4.35. The van der Waals surface area contributed by atoms with E-state index in [1.54, 1.807) is 7.11 Å². The Morgan fingerprint density at radius 1 is 1.36 bits per heavy atom. The summed E-state index contributed by atoms with van der Waals surface area (Å²) in [6, 6.07) is 7.59. The Bertz CT molecular complexity index is 484. The first-order valence-corrected chi connectivity index (χ1v) is 7.39. The van der Waals surface area contributed by atoms with Crippen molar-refractivity contribution in [2.24, 2.45) is 11.7 Å². The van der Waals surface area contributed by atoms with Crippen molar-refractivity contribution in [1.29, 1.82) is 0 Å². The van der Waals surface area contributed by atoms with Crippen LogP contribution in [0.3, 0.4) is 0 Å². The van der Waals surface area contributed by atoms with Crippen LogP contribution in [0.15, 0.2) is 24.3 Å². The SMILES string of the molecule is COCCOc1ccccc1C(=O)N1CC(CN)CC1C.Cl.